The predicted octanol–water partition coefficient (Wildman–Crippen LogP) is 2.74. The summed E-state index contributed by atoms with van der Waals surface area (Å²) in [6.07, 6.45) is 4.64. The molecule has 0 saturated heterocycles. The number of anilines is 1. The number of aromatic amines is 1. The Bertz CT molecular complexity index is 407. The number of hydrogen-bond donors (Lipinski definition) is 2. The predicted molar refractivity (Wildman–Crippen MR) is 62.1 cm³/mol. The second-order valence-electron chi connectivity index (χ2n) is 3.39. The number of aromatic nitrogens is 3. The van der Waals surface area contributed by atoms with Crippen LogP contribution in [0.1, 0.15) is 30.1 Å². The number of imidazole rings is 1. The highest BCUT2D eigenvalue weighted by atomic mass is 32.1. The lowest BCUT2D eigenvalue weighted by molar-refractivity contribution is 0.734. The molecule has 80 valence electrons. The van der Waals surface area contributed by atoms with Crippen LogP contribution in [0.25, 0.3) is 0 Å². The molecule has 0 aliphatic heterocycles. The molecule has 0 aliphatic carbocycles. The lowest BCUT2D eigenvalue weighted by Crippen LogP contribution is -2.10. The lowest BCUT2D eigenvalue weighted by Gasteiger charge is -2.12. The molecule has 0 bridgehead atoms. The Morgan fingerprint density at radius 2 is 2.40 bits per heavy atom. The third-order valence-corrected chi connectivity index (χ3v) is 3.06. The molecule has 0 aromatic carbocycles. The van der Waals surface area contributed by atoms with E-state index < -0.39 is 0 Å². The summed E-state index contributed by atoms with van der Waals surface area (Å²) in [6.45, 7) is 4.12. The second-order valence-corrected chi connectivity index (χ2v) is 4.32. The first-order valence-corrected chi connectivity index (χ1v) is 5.85. The smallest absolute Gasteiger partial charge is 0.200 e. The largest absolute Gasteiger partial charge is 0.347 e. The Hall–Kier alpha value is -1.36. The maximum Gasteiger partial charge on any atom is 0.200 e. The molecule has 2 N–H and O–H groups in total. The van der Waals surface area contributed by atoms with E-state index in [0.717, 1.165) is 23.1 Å². The molecular formula is C10H14N4S. The third kappa shape index (κ3) is 2.36. The van der Waals surface area contributed by atoms with Crippen molar-refractivity contribution in [2.24, 2.45) is 0 Å². The highest BCUT2D eigenvalue weighted by Crippen LogP contribution is 2.22. The fraction of sp³-hybridized carbons (Fsp3) is 0.400. The van der Waals surface area contributed by atoms with Gasteiger partial charge in [0.15, 0.2) is 0 Å². The van der Waals surface area contributed by atoms with Crippen molar-refractivity contribution in [3.05, 3.63) is 28.5 Å². The SMILES string of the molecule is CCC(Nc1ncc(C)[nH]1)c1nccs1. The van der Waals surface area contributed by atoms with Gasteiger partial charge in [-0.25, -0.2) is 9.97 Å². The number of nitrogens with zero attached hydrogens (tertiary/aromatic N) is 2. The average Bonchev–Trinajstić information content (AvgIpc) is 2.85. The fourth-order valence-corrected chi connectivity index (χ4v) is 2.17. The molecule has 1 unspecified atom stereocenters. The van der Waals surface area contributed by atoms with Gasteiger partial charge in [0, 0.05) is 23.5 Å². The number of H-pyrrole nitrogens is 1. The maximum atomic E-state index is 4.30. The summed E-state index contributed by atoms with van der Waals surface area (Å²) in [5.41, 5.74) is 1.06. The molecule has 2 rings (SSSR count). The molecule has 5 heteroatoms. The van der Waals surface area contributed by atoms with E-state index in [9.17, 15) is 0 Å². The van der Waals surface area contributed by atoms with Gasteiger partial charge in [0.2, 0.25) is 5.95 Å². The van der Waals surface area contributed by atoms with Crippen LogP contribution in [0.2, 0.25) is 0 Å². The standard InChI is InChI=1S/C10H14N4S/c1-3-8(9-11-4-5-15-9)14-10-12-6-7(2)13-10/h4-6,8H,3H2,1-2H3,(H2,12,13,14). The van der Waals surface area contributed by atoms with Crippen molar-refractivity contribution in [3.8, 4) is 0 Å². The minimum atomic E-state index is 0.246. The molecule has 0 amide bonds. The first-order chi connectivity index (χ1) is 7.29. The van der Waals surface area contributed by atoms with E-state index in [2.05, 4.69) is 27.2 Å². The lowest BCUT2D eigenvalue weighted by atomic mass is 10.2. The van der Waals surface area contributed by atoms with E-state index >= 15 is 0 Å². The molecule has 0 spiro atoms. The summed E-state index contributed by atoms with van der Waals surface area (Å²) in [5.74, 6) is 0.814. The molecule has 4 nitrogen and oxygen atoms in total. The van der Waals surface area contributed by atoms with Gasteiger partial charge >= 0.3 is 0 Å². The Balaban J connectivity index is 2.09. The number of thiazole rings is 1. The second kappa shape index (κ2) is 4.44. The van der Waals surface area contributed by atoms with E-state index in [1.54, 1.807) is 11.3 Å². The zero-order valence-electron chi connectivity index (χ0n) is 8.82. The number of nitrogens with one attached hydrogen (secondary N) is 2. The first kappa shape index (κ1) is 10.2. The van der Waals surface area contributed by atoms with Crippen molar-refractivity contribution in [2.45, 2.75) is 26.3 Å². The Morgan fingerprint density at radius 3 is 2.93 bits per heavy atom. The molecule has 0 fully saturated rings. The highest BCUT2D eigenvalue weighted by molar-refractivity contribution is 7.09. The van der Waals surface area contributed by atoms with Crippen LogP contribution >= 0.6 is 11.3 Å². The molecule has 2 heterocycles. The van der Waals surface area contributed by atoms with Gasteiger partial charge in [0.1, 0.15) is 5.01 Å². The minimum Gasteiger partial charge on any atom is -0.347 e. The number of aryl methyl sites for hydroxylation is 1. The van der Waals surface area contributed by atoms with Gasteiger partial charge in [-0.1, -0.05) is 6.92 Å². The summed E-state index contributed by atoms with van der Waals surface area (Å²) in [5, 5.41) is 6.43. The van der Waals surface area contributed by atoms with Crippen LogP contribution in [0, 0.1) is 6.92 Å². The van der Waals surface area contributed by atoms with Crippen molar-refractivity contribution in [1.29, 1.82) is 0 Å². The summed E-state index contributed by atoms with van der Waals surface area (Å²) in [6, 6.07) is 0.246. The molecule has 2 aromatic rings. The van der Waals surface area contributed by atoms with Crippen LogP contribution in [-0.2, 0) is 0 Å². The van der Waals surface area contributed by atoms with Crippen LogP contribution in [0.3, 0.4) is 0 Å². The quantitative estimate of drug-likeness (QED) is 0.836. The normalized spacial score (nSPS) is 12.7. The zero-order valence-corrected chi connectivity index (χ0v) is 9.64. The molecule has 0 saturated carbocycles. The van der Waals surface area contributed by atoms with Crippen LogP contribution < -0.4 is 5.32 Å². The Labute approximate surface area is 92.8 Å². The van der Waals surface area contributed by atoms with Crippen molar-refractivity contribution < 1.29 is 0 Å². The summed E-state index contributed by atoms with van der Waals surface area (Å²) in [4.78, 5) is 11.7. The van der Waals surface area contributed by atoms with Crippen LogP contribution in [0.15, 0.2) is 17.8 Å². The molecule has 0 aliphatic rings. The van der Waals surface area contributed by atoms with Gasteiger partial charge in [-0.2, -0.15) is 0 Å². The molecular weight excluding hydrogens is 208 g/mol. The van der Waals surface area contributed by atoms with Gasteiger partial charge in [-0.15, -0.1) is 11.3 Å². The molecule has 2 aromatic heterocycles. The molecule has 15 heavy (non-hydrogen) atoms. The number of rotatable bonds is 4. The highest BCUT2D eigenvalue weighted by Gasteiger charge is 2.12. The van der Waals surface area contributed by atoms with Crippen molar-refractivity contribution >= 4 is 17.3 Å². The average molecular weight is 222 g/mol. The minimum absolute atomic E-state index is 0.246. The van der Waals surface area contributed by atoms with Crippen LogP contribution in [0.4, 0.5) is 5.95 Å². The van der Waals surface area contributed by atoms with Gasteiger partial charge in [0.25, 0.3) is 0 Å². The van der Waals surface area contributed by atoms with Gasteiger partial charge in [-0.05, 0) is 13.3 Å². The van der Waals surface area contributed by atoms with E-state index in [4.69, 9.17) is 0 Å². The molecule has 0 radical (unpaired) electrons. The van der Waals surface area contributed by atoms with Crippen molar-refractivity contribution in [2.75, 3.05) is 5.32 Å². The van der Waals surface area contributed by atoms with Gasteiger partial charge in [-0.3, -0.25) is 0 Å². The molecule has 1 atom stereocenters. The van der Waals surface area contributed by atoms with E-state index in [1.165, 1.54) is 0 Å². The summed E-state index contributed by atoms with van der Waals surface area (Å²) in [7, 11) is 0. The number of hydrogen-bond acceptors (Lipinski definition) is 4. The van der Waals surface area contributed by atoms with Gasteiger partial charge < -0.3 is 10.3 Å². The van der Waals surface area contributed by atoms with Crippen LogP contribution in [-0.4, -0.2) is 15.0 Å². The maximum absolute atomic E-state index is 4.30. The van der Waals surface area contributed by atoms with E-state index in [-0.39, 0.29) is 6.04 Å². The van der Waals surface area contributed by atoms with E-state index in [0.29, 0.717) is 0 Å². The van der Waals surface area contributed by atoms with Gasteiger partial charge in [0.05, 0.1) is 6.04 Å². The topological polar surface area (TPSA) is 53.6 Å². The summed E-state index contributed by atoms with van der Waals surface area (Å²) >= 11 is 1.67. The van der Waals surface area contributed by atoms with Crippen molar-refractivity contribution in [3.63, 3.8) is 0 Å². The Morgan fingerprint density at radius 1 is 1.53 bits per heavy atom. The van der Waals surface area contributed by atoms with Crippen LogP contribution in [0.5, 0.6) is 0 Å². The third-order valence-electron chi connectivity index (χ3n) is 2.17. The van der Waals surface area contributed by atoms with Crippen molar-refractivity contribution in [1.82, 2.24) is 15.0 Å². The first-order valence-electron chi connectivity index (χ1n) is 4.97. The fourth-order valence-electron chi connectivity index (χ4n) is 1.40. The zero-order chi connectivity index (χ0) is 10.7. The Kier molecular flexibility index (Phi) is 3.01. The summed E-state index contributed by atoms with van der Waals surface area (Å²) < 4.78 is 0. The van der Waals surface area contributed by atoms with E-state index in [1.807, 2.05) is 24.7 Å². The monoisotopic (exact) mass is 222 g/mol.